The Hall–Kier alpha value is -0.710. The van der Waals surface area contributed by atoms with Crippen LogP contribution >= 0.6 is 24.2 Å². The number of piperidine rings is 1. The molecular formula is C16H23ClN2OS. The van der Waals surface area contributed by atoms with Crippen LogP contribution in [0.25, 0.3) is 0 Å². The van der Waals surface area contributed by atoms with Gasteiger partial charge < -0.3 is 10.6 Å². The summed E-state index contributed by atoms with van der Waals surface area (Å²) in [7, 11) is 0. The molecule has 1 amide bonds. The fourth-order valence-electron chi connectivity index (χ4n) is 3.05. The minimum absolute atomic E-state index is 0. The van der Waals surface area contributed by atoms with E-state index in [1.807, 2.05) is 6.07 Å². The summed E-state index contributed by atoms with van der Waals surface area (Å²) in [6.45, 7) is 4.19. The molecule has 2 aliphatic rings. The molecule has 21 heavy (non-hydrogen) atoms. The van der Waals surface area contributed by atoms with E-state index in [9.17, 15) is 4.79 Å². The zero-order valence-corrected chi connectivity index (χ0v) is 13.9. The van der Waals surface area contributed by atoms with Gasteiger partial charge in [-0.2, -0.15) is 0 Å². The molecule has 5 heteroatoms. The van der Waals surface area contributed by atoms with Gasteiger partial charge in [0.25, 0.3) is 0 Å². The van der Waals surface area contributed by atoms with Crippen molar-refractivity contribution in [2.75, 3.05) is 18.8 Å². The van der Waals surface area contributed by atoms with Gasteiger partial charge in [-0.25, -0.2) is 0 Å². The molecule has 0 spiro atoms. The van der Waals surface area contributed by atoms with Crippen molar-refractivity contribution < 1.29 is 4.79 Å². The highest BCUT2D eigenvalue weighted by Gasteiger charge is 2.30. The Morgan fingerprint density at radius 3 is 3.00 bits per heavy atom. The highest BCUT2D eigenvalue weighted by Crippen LogP contribution is 2.36. The van der Waals surface area contributed by atoms with Crippen LogP contribution in [0.15, 0.2) is 24.3 Å². The van der Waals surface area contributed by atoms with E-state index in [1.165, 1.54) is 11.1 Å². The molecule has 3 nitrogen and oxygen atoms in total. The van der Waals surface area contributed by atoms with Crippen molar-refractivity contribution in [2.45, 2.75) is 31.1 Å². The summed E-state index contributed by atoms with van der Waals surface area (Å²) in [5.74, 6) is 1.78. The van der Waals surface area contributed by atoms with E-state index in [0.717, 1.165) is 31.7 Å². The van der Waals surface area contributed by atoms with Crippen molar-refractivity contribution in [1.29, 1.82) is 0 Å². The van der Waals surface area contributed by atoms with Crippen LogP contribution in [-0.2, 0) is 11.2 Å². The molecule has 0 bridgehead atoms. The van der Waals surface area contributed by atoms with Crippen LogP contribution in [0.4, 0.5) is 0 Å². The second-order valence-corrected chi connectivity index (χ2v) is 7.00. The first-order chi connectivity index (χ1) is 9.75. The molecular weight excluding hydrogens is 304 g/mol. The number of halogens is 1. The number of nitrogens with one attached hydrogen (secondary N) is 2. The van der Waals surface area contributed by atoms with Gasteiger partial charge >= 0.3 is 0 Å². The van der Waals surface area contributed by atoms with Crippen LogP contribution in [0.1, 0.15) is 29.7 Å². The number of carbonyl (C=O) groups excluding carboxylic acids is 1. The van der Waals surface area contributed by atoms with E-state index in [-0.39, 0.29) is 29.6 Å². The highest BCUT2D eigenvalue weighted by molar-refractivity contribution is 8.00. The largest absolute Gasteiger partial charge is 0.351 e. The Morgan fingerprint density at radius 1 is 1.38 bits per heavy atom. The van der Waals surface area contributed by atoms with Crippen LogP contribution in [0.2, 0.25) is 0 Å². The zero-order valence-electron chi connectivity index (χ0n) is 12.3. The van der Waals surface area contributed by atoms with Crippen molar-refractivity contribution in [3.63, 3.8) is 0 Å². The topological polar surface area (TPSA) is 41.1 Å². The van der Waals surface area contributed by atoms with Crippen molar-refractivity contribution in [3.8, 4) is 0 Å². The number of rotatable bonds is 2. The number of thioether (sulfide) groups is 1. The molecule has 1 saturated heterocycles. The third kappa shape index (κ3) is 3.74. The summed E-state index contributed by atoms with van der Waals surface area (Å²) in [6, 6.07) is 8.63. The maximum Gasteiger partial charge on any atom is 0.237 e. The lowest BCUT2D eigenvalue weighted by Crippen LogP contribution is -2.51. The lowest BCUT2D eigenvalue weighted by Gasteiger charge is -2.32. The number of amides is 1. The minimum atomic E-state index is -0.0333. The van der Waals surface area contributed by atoms with Gasteiger partial charge in [0.1, 0.15) is 5.25 Å². The lowest BCUT2D eigenvalue weighted by atomic mass is 9.94. The summed E-state index contributed by atoms with van der Waals surface area (Å²) in [5, 5.41) is 6.59. The molecule has 2 aliphatic heterocycles. The van der Waals surface area contributed by atoms with E-state index >= 15 is 0 Å². The van der Waals surface area contributed by atoms with Crippen molar-refractivity contribution in [3.05, 3.63) is 35.4 Å². The van der Waals surface area contributed by atoms with Gasteiger partial charge in [-0.1, -0.05) is 31.2 Å². The molecule has 0 radical (unpaired) electrons. The Balaban J connectivity index is 0.00000161. The van der Waals surface area contributed by atoms with Crippen LogP contribution in [0, 0.1) is 5.92 Å². The first kappa shape index (κ1) is 16.7. The predicted molar refractivity (Wildman–Crippen MR) is 91.2 cm³/mol. The number of hydrogen-bond acceptors (Lipinski definition) is 3. The Morgan fingerprint density at radius 2 is 2.19 bits per heavy atom. The molecule has 0 saturated carbocycles. The van der Waals surface area contributed by atoms with E-state index in [0.29, 0.717) is 5.92 Å². The second-order valence-electron chi connectivity index (χ2n) is 5.78. The molecule has 1 fully saturated rings. The molecule has 3 atom stereocenters. The molecule has 1 aromatic rings. The molecule has 116 valence electrons. The predicted octanol–water partition coefficient (Wildman–Crippen LogP) is 2.55. The van der Waals surface area contributed by atoms with Gasteiger partial charge in [0.2, 0.25) is 5.91 Å². The first-order valence-electron chi connectivity index (χ1n) is 7.46. The van der Waals surface area contributed by atoms with Gasteiger partial charge in [-0.05, 0) is 42.2 Å². The summed E-state index contributed by atoms with van der Waals surface area (Å²) < 4.78 is 0. The number of aryl methyl sites for hydroxylation is 1. The highest BCUT2D eigenvalue weighted by atomic mass is 35.5. The minimum Gasteiger partial charge on any atom is -0.351 e. The molecule has 2 N–H and O–H groups in total. The number of carbonyl (C=O) groups is 1. The molecule has 1 aromatic carbocycles. The molecule has 0 aromatic heterocycles. The van der Waals surface area contributed by atoms with Gasteiger partial charge in [0.05, 0.1) is 0 Å². The van der Waals surface area contributed by atoms with Crippen molar-refractivity contribution >= 4 is 30.1 Å². The standard InChI is InChI=1S/C16H22N2OS.ClH/c1-11-6-8-17-10-14(11)18-16(19)15-13-5-3-2-4-12(13)7-9-20-15;/h2-5,11,14-15,17H,6-10H2,1H3,(H,18,19);1H. The van der Waals surface area contributed by atoms with Crippen LogP contribution in [-0.4, -0.2) is 30.8 Å². The molecule has 0 aliphatic carbocycles. The fourth-order valence-corrected chi connectivity index (χ4v) is 4.25. The van der Waals surface area contributed by atoms with E-state index in [1.54, 1.807) is 11.8 Å². The van der Waals surface area contributed by atoms with Crippen molar-refractivity contribution in [2.24, 2.45) is 5.92 Å². The van der Waals surface area contributed by atoms with E-state index in [4.69, 9.17) is 0 Å². The third-order valence-corrected chi connectivity index (χ3v) is 5.63. The van der Waals surface area contributed by atoms with E-state index in [2.05, 4.69) is 35.8 Å². The molecule has 3 unspecified atom stereocenters. The number of benzene rings is 1. The maximum atomic E-state index is 12.6. The first-order valence-corrected chi connectivity index (χ1v) is 8.51. The maximum absolute atomic E-state index is 12.6. The van der Waals surface area contributed by atoms with Gasteiger partial charge in [-0.3, -0.25) is 4.79 Å². The molecule has 2 heterocycles. The van der Waals surface area contributed by atoms with E-state index < -0.39 is 0 Å². The summed E-state index contributed by atoms with van der Waals surface area (Å²) >= 11 is 1.77. The quantitative estimate of drug-likeness (QED) is 0.877. The average Bonchev–Trinajstić information content (AvgIpc) is 2.49. The number of fused-ring (bicyclic) bond motifs is 1. The Kier molecular flexibility index (Phi) is 5.97. The molecule has 3 rings (SSSR count). The Bertz CT molecular complexity index is 497. The van der Waals surface area contributed by atoms with Gasteiger partial charge in [0, 0.05) is 12.6 Å². The third-order valence-electron chi connectivity index (χ3n) is 4.39. The second kappa shape index (κ2) is 7.52. The van der Waals surface area contributed by atoms with Crippen molar-refractivity contribution in [1.82, 2.24) is 10.6 Å². The SMILES string of the molecule is CC1CCNCC1NC(=O)C1SCCc2ccccc21.Cl. The summed E-state index contributed by atoms with van der Waals surface area (Å²) in [5.41, 5.74) is 2.54. The lowest BCUT2D eigenvalue weighted by molar-refractivity contribution is -0.121. The van der Waals surface area contributed by atoms with Crippen LogP contribution in [0.3, 0.4) is 0 Å². The number of hydrogen-bond donors (Lipinski definition) is 2. The summed E-state index contributed by atoms with van der Waals surface area (Å²) in [6.07, 6.45) is 2.21. The Labute approximate surface area is 137 Å². The fraction of sp³-hybridized carbons (Fsp3) is 0.562. The van der Waals surface area contributed by atoms with Gasteiger partial charge in [0.15, 0.2) is 0 Å². The van der Waals surface area contributed by atoms with Crippen LogP contribution in [0.5, 0.6) is 0 Å². The average molecular weight is 327 g/mol. The van der Waals surface area contributed by atoms with Gasteiger partial charge in [-0.15, -0.1) is 24.2 Å². The van der Waals surface area contributed by atoms with Crippen LogP contribution < -0.4 is 10.6 Å². The summed E-state index contributed by atoms with van der Waals surface area (Å²) in [4.78, 5) is 12.6. The monoisotopic (exact) mass is 326 g/mol. The normalized spacial score (nSPS) is 28.1. The zero-order chi connectivity index (χ0) is 13.9. The smallest absolute Gasteiger partial charge is 0.237 e.